The van der Waals surface area contributed by atoms with Crippen LogP contribution >= 0.6 is 15.9 Å². The number of amides is 1. The van der Waals surface area contributed by atoms with Crippen LogP contribution in [-0.2, 0) is 9.53 Å². The molecule has 1 amide bonds. The summed E-state index contributed by atoms with van der Waals surface area (Å²) < 4.78 is 4.90. The zero-order valence-electron chi connectivity index (χ0n) is 8.33. The summed E-state index contributed by atoms with van der Waals surface area (Å²) >= 11 is 2.88. The summed E-state index contributed by atoms with van der Waals surface area (Å²) in [5.41, 5.74) is -0.574. The molecule has 0 fully saturated rings. The summed E-state index contributed by atoms with van der Waals surface area (Å²) in [6.45, 7) is 5.18. The number of aliphatic carboxylic acids is 1. The lowest BCUT2D eigenvalue weighted by molar-refractivity contribution is -0.136. The predicted octanol–water partition coefficient (Wildman–Crippen LogP) is 1.36. The van der Waals surface area contributed by atoms with Crippen LogP contribution in [0.3, 0.4) is 0 Å². The van der Waals surface area contributed by atoms with Gasteiger partial charge in [-0.3, -0.25) is 4.79 Å². The summed E-state index contributed by atoms with van der Waals surface area (Å²) in [4.78, 5) is 20.6. The second-order valence-corrected chi connectivity index (χ2v) is 4.79. The molecule has 0 aliphatic carbocycles. The van der Waals surface area contributed by atoms with Gasteiger partial charge in [-0.2, -0.15) is 0 Å². The molecule has 0 radical (unpaired) electrons. The molecule has 0 rings (SSSR count). The van der Waals surface area contributed by atoms with Crippen molar-refractivity contribution in [1.29, 1.82) is 0 Å². The van der Waals surface area contributed by atoms with E-state index in [1.54, 1.807) is 20.8 Å². The van der Waals surface area contributed by atoms with Gasteiger partial charge in [0.2, 0.25) is 0 Å². The molecule has 0 spiro atoms. The van der Waals surface area contributed by atoms with Gasteiger partial charge < -0.3 is 15.2 Å². The highest BCUT2D eigenvalue weighted by Gasteiger charge is 2.18. The minimum absolute atomic E-state index is 0.00968. The van der Waals surface area contributed by atoms with Gasteiger partial charge in [0.05, 0.1) is 0 Å². The Labute approximate surface area is 90.9 Å². The van der Waals surface area contributed by atoms with Gasteiger partial charge in [0, 0.05) is 6.54 Å². The third kappa shape index (κ3) is 6.71. The van der Waals surface area contributed by atoms with Crippen molar-refractivity contribution in [2.45, 2.75) is 31.2 Å². The number of carbonyl (C=O) groups excluding carboxylic acids is 1. The summed E-state index contributed by atoms with van der Waals surface area (Å²) in [7, 11) is 0. The maximum absolute atomic E-state index is 11.0. The molecule has 5 nitrogen and oxygen atoms in total. The van der Waals surface area contributed by atoms with Gasteiger partial charge in [-0.25, -0.2) is 4.79 Å². The molecule has 0 heterocycles. The summed E-state index contributed by atoms with van der Waals surface area (Å²) in [5, 5.41) is 10.8. The van der Waals surface area contributed by atoms with Crippen molar-refractivity contribution in [3.8, 4) is 0 Å². The maximum atomic E-state index is 11.0. The van der Waals surface area contributed by atoms with Crippen molar-refractivity contribution < 1.29 is 19.4 Å². The van der Waals surface area contributed by atoms with Crippen molar-refractivity contribution in [1.82, 2.24) is 5.32 Å². The Morgan fingerprint density at radius 3 is 2.36 bits per heavy atom. The van der Waals surface area contributed by atoms with E-state index in [1.807, 2.05) is 0 Å². The zero-order chi connectivity index (χ0) is 11.4. The highest BCUT2D eigenvalue weighted by Crippen LogP contribution is 2.06. The lowest BCUT2D eigenvalue weighted by Crippen LogP contribution is -2.37. The number of halogens is 1. The summed E-state index contributed by atoms with van der Waals surface area (Å²) in [6, 6.07) is 0. The molecule has 0 bridgehead atoms. The van der Waals surface area contributed by atoms with E-state index in [0.717, 1.165) is 0 Å². The molecule has 82 valence electrons. The third-order valence-corrected chi connectivity index (χ3v) is 1.81. The van der Waals surface area contributed by atoms with Gasteiger partial charge in [0.25, 0.3) is 0 Å². The number of alkyl carbamates (subject to hydrolysis) is 1. The van der Waals surface area contributed by atoms with Crippen LogP contribution in [0, 0.1) is 0 Å². The fraction of sp³-hybridized carbons (Fsp3) is 0.750. The standard InChI is InChI=1S/C8H14BrNO4/c1-8(2,3)14-7(13)10-4-5(9)6(11)12/h5H,4H2,1-3H3,(H,10,13)(H,11,12). The minimum atomic E-state index is -1.03. The molecule has 0 saturated carbocycles. The molecule has 6 heteroatoms. The molecular formula is C8H14BrNO4. The topological polar surface area (TPSA) is 75.6 Å². The van der Waals surface area contributed by atoms with Crippen molar-refractivity contribution in [2.75, 3.05) is 6.54 Å². The van der Waals surface area contributed by atoms with E-state index >= 15 is 0 Å². The first-order chi connectivity index (χ1) is 6.22. The highest BCUT2D eigenvalue weighted by molar-refractivity contribution is 9.10. The van der Waals surface area contributed by atoms with Gasteiger partial charge >= 0.3 is 12.1 Å². The normalized spacial score (nSPS) is 13.1. The fourth-order valence-corrected chi connectivity index (χ4v) is 0.736. The predicted molar refractivity (Wildman–Crippen MR) is 54.6 cm³/mol. The van der Waals surface area contributed by atoms with E-state index in [0.29, 0.717) is 0 Å². The molecule has 2 N–H and O–H groups in total. The number of carbonyl (C=O) groups is 2. The quantitative estimate of drug-likeness (QED) is 0.758. The molecule has 0 aromatic carbocycles. The van der Waals surface area contributed by atoms with E-state index in [2.05, 4.69) is 21.2 Å². The smallest absolute Gasteiger partial charge is 0.407 e. The van der Waals surface area contributed by atoms with Crippen LogP contribution in [0.4, 0.5) is 4.79 Å². The number of carboxylic acids is 1. The van der Waals surface area contributed by atoms with Crippen LogP contribution in [0.5, 0.6) is 0 Å². The number of hydrogen-bond acceptors (Lipinski definition) is 3. The van der Waals surface area contributed by atoms with E-state index < -0.39 is 22.5 Å². The number of carboxylic acid groups (broad SMARTS) is 1. The molecule has 1 unspecified atom stereocenters. The Morgan fingerprint density at radius 1 is 1.50 bits per heavy atom. The summed E-state index contributed by atoms with van der Waals surface area (Å²) in [6.07, 6.45) is -0.622. The Balaban J connectivity index is 3.81. The zero-order valence-corrected chi connectivity index (χ0v) is 9.92. The largest absolute Gasteiger partial charge is 0.480 e. The lowest BCUT2D eigenvalue weighted by Gasteiger charge is -2.19. The molecule has 0 aliphatic rings. The number of ether oxygens (including phenoxy) is 1. The fourth-order valence-electron chi connectivity index (χ4n) is 0.574. The monoisotopic (exact) mass is 267 g/mol. The van der Waals surface area contributed by atoms with Crippen LogP contribution in [0.15, 0.2) is 0 Å². The first-order valence-electron chi connectivity index (χ1n) is 4.06. The lowest BCUT2D eigenvalue weighted by atomic mass is 10.2. The van der Waals surface area contributed by atoms with Crippen LogP contribution in [0.25, 0.3) is 0 Å². The average Bonchev–Trinajstić information content (AvgIpc) is 1.96. The van der Waals surface area contributed by atoms with Crippen molar-refractivity contribution in [3.05, 3.63) is 0 Å². The van der Waals surface area contributed by atoms with E-state index in [4.69, 9.17) is 9.84 Å². The molecular weight excluding hydrogens is 254 g/mol. The molecule has 1 atom stereocenters. The van der Waals surface area contributed by atoms with Gasteiger partial charge in [0.15, 0.2) is 0 Å². The number of nitrogens with one attached hydrogen (secondary N) is 1. The average molecular weight is 268 g/mol. The Bertz CT molecular complexity index is 224. The Hall–Kier alpha value is -0.780. The Kier molecular flexibility index (Phi) is 4.90. The molecule has 0 aromatic rings. The van der Waals surface area contributed by atoms with E-state index in [1.165, 1.54) is 0 Å². The Morgan fingerprint density at radius 2 is 2.00 bits per heavy atom. The maximum Gasteiger partial charge on any atom is 0.407 e. The van der Waals surface area contributed by atoms with E-state index in [9.17, 15) is 9.59 Å². The summed E-state index contributed by atoms with van der Waals surface area (Å²) in [5.74, 6) is -1.03. The van der Waals surface area contributed by atoms with Gasteiger partial charge in [-0.15, -0.1) is 0 Å². The molecule has 0 aliphatic heterocycles. The molecule has 0 saturated heterocycles. The SMILES string of the molecule is CC(C)(C)OC(=O)NCC(Br)C(=O)O. The first kappa shape index (κ1) is 13.2. The van der Waals surface area contributed by atoms with Crippen LogP contribution in [0.1, 0.15) is 20.8 Å². The minimum Gasteiger partial charge on any atom is -0.480 e. The molecule has 14 heavy (non-hydrogen) atoms. The second kappa shape index (κ2) is 5.19. The van der Waals surface area contributed by atoms with Gasteiger partial charge in [-0.1, -0.05) is 15.9 Å². The number of alkyl halides is 1. The van der Waals surface area contributed by atoms with Crippen molar-refractivity contribution in [2.24, 2.45) is 0 Å². The number of hydrogen-bond donors (Lipinski definition) is 2. The van der Waals surface area contributed by atoms with Gasteiger partial charge in [0.1, 0.15) is 10.4 Å². The van der Waals surface area contributed by atoms with Crippen LogP contribution in [-0.4, -0.2) is 34.1 Å². The second-order valence-electron chi connectivity index (χ2n) is 3.69. The highest BCUT2D eigenvalue weighted by atomic mass is 79.9. The van der Waals surface area contributed by atoms with E-state index in [-0.39, 0.29) is 6.54 Å². The molecule has 0 aromatic heterocycles. The third-order valence-electron chi connectivity index (χ3n) is 1.09. The van der Waals surface area contributed by atoms with Crippen molar-refractivity contribution >= 4 is 28.0 Å². The first-order valence-corrected chi connectivity index (χ1v) is 4.97. The number of rotatable bonds is 3. The van der Waals surface area contributed by atoms with Gasteiger partial charge in [-0.05, 0) is 20.8 Å². The van der Waals surface area contributed by atoms with Crippen LogP contribution < -0.4 is 5.32 Å². The van der Waals surface area contributed by atoms with Crippen molar-refractivity contribution in [3.63, 3.8) is 0 Å². The van der Waals surface area contributed by atoms with Crippen LogP contribution in [0.2, 0.25) is 0 Å².